The molecule has 2 unspecified atom stereocenters. The number of para-hydroxylation sites is 1. The van der Waals surface area contributed by atoms with Crippen molar-refractivity contribution in [1.82, 2.24) is 5.32 Å². The van der Waals surface area contributed by atoms with Gasteiger partial charge in [0.15, 0.2) is 0 Å². The number of hydrogen-bond acceptors (Lipinski definition) is 3. The second-order valence-corrected chi connectivity index (χ2v) is 5.04. The van der Waals surface area contributed by atoms with Gasteiger partial charge in [0.25, 0.3) is 0 Å². The normalized spacial score (nSPS) is 23.0. The Morgan fingerprint density at radius 3 is 2.65 bits per heavy atom. The van der Waals surface area contributed by atoms with Crippen LogP contribution in [0.5, 0.6) is 5.75 Å². The first kappa shape index (κ1) is 15.1. The Morgan fingerprint density at radius 2 is 2.00 bits per heavy atom. The van der Waals surface area contributed by atoms with E-state index in [9.17, 15) is 18.3 Å². The number of rotatable bonds is 5. The smallest absolute Gasteiger partial charge is 0.405 e. The Hall–Kier alpha value is -1.27. The molecule has 0 heterocycles. The predicted molar refractivity (Wildman–Crippen MR) is 68.2 cm³/mol. The fraction of sp³-hybridized carbons (Fsp3) is 0.571. The molecule has 1 fully saturated rings. The molecule has 20 heavy (non-hydrogen) atoms. The largest absolute Gasteiger partial charge is 0.573 e. The minimum Gasteiger partial charge on any atom is -0.405 e. The lowest BCUT2D eigenvalue weighted by molar-refractivity contribution is -0.274. The summed E-state index contributed by atoms with van der Waals surface area (Å²) < 4.78 is 40.8. The van der Waals surface area contributed by atoms with E-state index < -0.39 is 6.36 Å². The summed E-state index contributed by atoms with van der Waals surface area (Å²) in [5.41, 5.74) is 0.456. The van der Waals surface area contributed by atoms with Gasteiger partial charge in [-0.05, 0) is 24.8 Å². The van der Waals surface area contributed by atoms with Gasteiger partial charge >= 0.3 is 6.36 Å². The van der Waals surface area contributed by atoms with E-state index in [-0.39, 0.29) is 24.3 Å². The molecule has 112 valence electrons. The van der Waals surface area contributed by atoms with Crippen LogP contribution in [-0.4, -0.2) is 24.1 Å². The molecule has 1 saturated carbocycles. The van der Waals surface area contributed by atoms with Crippen molar-refractivity contribution in [3.05, 3.63) is 29.8 Å². The number of halogens is 3. The van der Waals surface area contributed by atoms with Gasteiger partial charge in [-0.25, -0.2) is 0 Å². The van der Waals surface area contributed by atoms with Crippen LogP contribution in [0.4, 0.5) is 13.2 Å². The molecule has 2 rings (SSSR count). The van der Waals surface area contributed by atoms with Gasteiger partial charge in [0, 0.05) is 18.7 Å². The van der Waals surface area contributed by atoms with Gasteiger partial charge in [-0.3, -0.25) is 0 Å². The highest BCUT2D eigenvalue weighted by molar-refractivity contribution is 5.33. The van der Waals surface area contributed by atoms with Crippen molar-refractivity contribution in [2.24, 2.45) is 5.92 Å². The van der Waals surface area contributed by atoms with Gasteiger partial charge in [0.05, 0.1) is 6.10 Å². The summed E-state index contributed by atoms with van der Waals surface area (Å²) in [4.78, 5) is 0. The number of nitrogens with one attached hydrogen (secondary N) is 1. The molecule has 2 N–H and O–H groups in total. The molecule has 1 aliphatic rings. The third-order valence-electron chi connectivity index (χ3n) is 3.54. The summed E-state index contributed by atoms with van der Waals surface area (Å²) in [5, 5.41) is 12.8. The Kier molecular flexibility index (Phi) is 4.88. The molecular formula is C14H18F3NO2. The highest BCUT2D eigenvalue weighted by Crippen LogP contribution is 2.27. The number of hydrogen-bond donors (Lipinski definition) is 2. The van der Waals surface area contributed by atoms with E-state index in [1.807, 2.05) is 0 Å². The zero-order valence-corrected chi connectivity index (χ0v) is 11.0. The molecule has 0 spiro atoms. The summed E-state index contributed by atoms with van der Waals surface area (Å²) in [6.45, 7) is 0.886. The molecule has 1 aromatic carbocycles. The van der Waals surface area contributed by atoms with Crippen LogP contribution in [0.1, 0.15) is 24.8 Å². The standard InChI is InChI=1S/C14H18F3NO2/c15-14(16,17)20-13-7-2-1-4-11(13)9-18-8-10-5-3-6-12(10)19/h1-2,4,7,10,12,18-19H,3,5-6,8-9H2. The Bertz CT molecular complexity index is 437. The molecule has 1 aliphatic carbocycles. The highest BCUT2D eigenvalue weighted by Gasteiger charge is 2.32. The second kappa shape index (κ2) is 6.45. The number of aliphatic hydroxyl groups is 1. The molecule has 1 aromatic rings. The lowest BCUT2D eigenvalue weighted by Crippen LogP contribution is -2.28. The molecule has 0 amide bonds. The van der Waals surface area contributed by atoms with Crippen molar-refractivity contribution in [1.29, 1.82) is 0 Å². The quantitative estimate of drug-likeness (QED) is 0.876. The predicted octanol–water partition coefficient (Wildman–Crippen LogP) is 2.84. The fourth-order valence-corrected chi connectivity index (χ4v) is 2.52. The van der Waals surface area contributed by atoms with Gasteiger partial charge < -0.3 is 15.2 Å². The van der Waals surface area contributed by atoms with Crippen LogP contribution >= 0.6 is 0 Å². The SMILES string of the molecule is OC1CCCC1CNCc1ccccc1OC(F)(F)F. The van der Waals surface area contributed by atoms with Crippen LogP contribution in [-0.2, 0) is 6.54 Å². The molecule has 0 aliphatic heterocycles. The van der Waals surface area contributed by atoms with Crippen molar-refractivity contribution in [3.8, 4) is 5.75 Å². The number of alkyl halides is 3. The monoisotopic (exact) mass is 289 g/mol. The Morgan fingerprint density at radius 1 is 1.25 bits per heavy atom. The van der Waals surface area contributed by atoms with Crippen LogP contribution in [0.3, 0.4) is 0 Å². The maximum absolute atomic E-state index is 12.3. The van der Waals surface area contributed by atoms with E-state index in [0.29, 0.717) is 12.1 Å². The molecule has 0 radical (unpaired) electrons. The molecule has 2 atom stereocenters. The summed E-state index contributed by atoms with van der Waals surface area (Å²) >= 11 is 0. The van der Waals surface area contributed by atoms with Crippen molar-refractivity contribution in [2.45, 2.75) is 38.3 Å². The topological polar surface area (TPSA) is 41.5 Å². The zero-order valence-electron chi connectivity index (χ0n) is 11.0. The van der Waals surface area contributed by atoms with Crippen molar-refractivity contribution in [3.63, 3.8) is 0 Å². The number of ether oxygens (including phenoxy) is 1. The van der Waals surface area contributed by atoms with E-state index in [1.165, 1.54) is 12.1 Å². The molecular weight excluding hydrogens is 271 g/mol. The summed E-state index contributed by atoms with van der Waals surface area (Å²) in [6.07, 6.45) is -2.22. The van der Waals surface area contributed by atoms with Gasteiger partial charge in [0.2, 0.25) is 0 Å². The lowest BCUT2D eigenvalue weighted by Gasteiger charge is -2.17. The first-order valence-electron chi connectivity index (χ1n) is 6.68. The molecule has 0 bridgehead atoms. The first-order chi connectivity index (χ1) is 9.46. The van der Waals surface area contributed by atoms with Crippen LogP contribution < -0.4 is 10.1 Å². The number of aliphatic hydroxyl groups excluding tert-OH is 1. The molecule has 3 nitrogen and oxygen atoms in total. The van der Waals surface area contributed by atoms with Crippen molar-refractivity contribution in [2.75, 3.05) is 6.54 Å². The highest BCUT2D eigenvalue weighted by atomic mass is 19.4. The van der Waals surface area contributed by atoms with Gasteiger partial charge in [-0.15, -0.1) is 13.2 Å². The van der Waals surface area contributed by atoms with Gasteiger partial charge in [0.1, 0.15) is 5.75 Å². The van der Waals surface area contributed by atoms with Crippen LogP contribution in [0.2, 0.25) is 0 Å². The molecule has 0 saturated heterocycles. The van der Waals surface area contributed by atoms with E-state index in [1.54, 1.807) is 12.1 Å². The maximum atomic E-state index is 12.3. The Balaban J connectivity index is 1.89. The van der Waals surface area contributed by atoms with Crippen molar-refractivity contribution < 1.29 is 23.0 Å². The first-order valence-corrected chi connectivity index (χ1v) is 6.68. The van der Waals surface area contributed by atoms with E-state index >= 15 is 0 Å². The van der Waals surface area contributed by atoms with Crippen LogP contribution in [0.15, 0.2) is 24.3 Å². The molecule has 0 aromatic heterocycles. The fourth-order valence-electron chi connectivity index (χ4n) is 2.52. The van der Waals surface area contributed by atoms with E-state index in [2.05, 4.69) is 10.1 Å². The summed E-state index contributed by atoms with van der Waals surface area (Å²) in [7, 11) is 0. The molecule has 6 heteroatoms. The minimum absolute atomic E-state index is 0.181. The lowest BCUT2D eigenvalue weighted by atomic mass is 10.1. The maximum Gasteiger partial charge on any atom is 0.573 e. The van der Waals surface area contributed by atoms with E-state index in [0.717, 1.165) is 19.3 Å². The average Bonchev–Trinajstić information content (AvgIpc) is 2.75. The van der Waals surface area contributed by atoms with Crippen molar-refractivity contribution >= 4 is 0 Å². The van der Waals surface area contributed by atoms with E-state index in [4.69, 9.17) is 0 Å². The number of benzene rings is 1. The van der Waals surface area contributed by atoms with Gasteiger partial charge in [-0.2, -0.15) is 0 Å². The third kappa shape index (κ3) is 4.38. The van der Waals surface area contributed by atoms with Gasteiger partial charge in [-0.1, -0.05) is 24.6 Å². The third-order valence-corrected chi connectivity index (χ3v) is 3.54. The minimum atomic E-state index is -4.68. The Labute approximate surface area is 115 Å². The zero-order chi connectivity index (χ0) is 14.6. The summed E-state index contributed by atoms with van der Waals surface area (Å²) in [5.74, 6) is 0.00478. The van der Waals surface area contributed by atoms with Crippen LogP contribution in [0, 0.1) is 5.92 Å². The average molecular weight is 289 g/mol. The van der Waals surface area contributed by atoms with Crippen LogP contribution in [0.25, 0.3) is 0 Å². The summed E-state index contributed by atoms with van der Waals surface area (Å²) in [6, 6.07) is 6.07. The second-order valence-electron chi connectivity index (χ2n) is 5.04.